The summed E-state index contributed by atoms with van der Waals surface area (Å²) >= 11 is 0. The van der Waals surface area contributed by atoms with E-state index in [9.17, 15) is 14.9 Å². The highest BCUT2D eigenvalue weighted by Crippen LogP contribution is 2.15. The van der Waals surface area contributed by atoms with Gasteiger partial charge in [-0.15, -0.1) is 0 Å². The van der Waals surface area contributed by atoms with Gasteiger partial charge in [-0.05, 0) is 11.6 Å². The van der Waals surface area contributed by atoms with E-state index in [0.717, 1.165) is 6.07 Å². The Labute approximate surface area is 73.8 Å². The fourth-order valence-electron chi connectivity index (χ4n) is 0.965. The molecule has 5 heteroatoms. The zero-order chi connectivity index (χ0) is 9.84. The quantitative estimate of drug-likeness (QED) is 0.426. The third-order valence-corrected chi connectivity index (χ3v) is 1.53. The molecule has 0 radical (unpaired) electrons. The number of rotatable bonds is 3. The first-order chi connectivity index (χ1) is 6.17. The van der Waals surface area contributed by atoms with Crippen LogP contribution >= 0.6 is 0 Å². The van der Waals surface area contributed by atoms with Crippen molar-refractivity contribution in [1.29, 1.82) is 0 Å². The van der Waals surface area contributed by atoms with Crippen molar-refractivity contribution in [3.63, 3.8) is 0 Å². The second-order valence-corrected chi connectivity index (χ2v) is 2.47. The number of nitrogens with zero attached hydrogens (tertiary/aromatic N) is 1. The fraction of sp³-hybridized carbons (Fsp3) is 0.125. The van der Waals surface area contributed by atoms with Crippen LogP contribution in [-0.4, -0.2) is 16.3 Å². The predicted molar refractivity (Wildman–Crippen MR) is 44.4 cm³/mol. The number of nitro groups is 1. The second kappa shape index (κ2) is 3.77. The van der Waals surface area contributed by atoms with Gasteiger partial charge >= 0.3 is 0 Å². The molecule has 0 spiro atoms. The highest BCUT2D eigenvalue weighted by Gasteiger charge is 2.08. The van der Waals surface area contributed by atoms with Gasteiger partial charge in [-0.1, -0.05) is 0 Å². The molecule has 0 aromatic heterocycles. The summed E-state index contributed by atoms with van der Waals surface area (Å²) in [6, 6.07) is 3.79. The van der Waals surface area contributed by atoms with E-state index in [1.807, 2.05) is 0 Å². The van der Waals surface area contributed by atoms with Crippen LogP contribution in [-0.2, 0) is 6.61 Å². The van der Waals surface area contributed by atoms with Gasteiger partial charge in [0.1, 0.15) is 6.29 Å². The first-order valence-electron chi connectivity index (χ1n) is 3.51. The Morgan fingerprint density at radius 3 is 2.62 bits per heavy atom. The zero-order valence-corrected chi connectivity index (χ0v) is 6.64. The molecule has 0 saturated heterocycles. The van der Waals surface area contributed by atoms with E-state index in [-0.39, 0.29) is 17.9 Å². The van der Waals surface area contributed by atoms with Crippen molar-refractivity contribution in [1.82, 2.24) is 0 Å². The molecule has 1 aromatic rings. The van der Waals surface area contributed by atoms with Crippen LogP contribution in [0.3, 0.4) is 0 Å². The first kappa shape index (κ1) is 9.34. The molecule has 13 heavy (non-hydrogen) atoms. The average molecular weight is 181 g/mol. The van der Waals surface area contributed by atoms with Gasteiger partial charge in [0.2, 0.25) is 0 Å². The van der Waals surface area contributed by atoms with Crippen molar-refractivity contribution in [2.45, 2.75) is 6.61 Å². The Hall–Kier alpha value is -1.75. The number of aliphatic hydroxyl groups excluding tert-OH is 1. The first-order valence-corrected chi connectivity index (χ1v) is 3.51. The Kier molecular flexibility index (Phi) is 2.71. The minimum atomic E-state index is -0.605. The number of carbonyl (C=O) groups excluding carboxylic acids is 1. The van der Waals surface area contributed by atoms with Crippen molar-refractivity contribution in [3.8, 4) is 0 Å². The number of carbonyl (C=O) groups is 1. The average Bonchev–Trinajstić information content (AvgIpc) is 2.16. The normalized spacial score (nSPS) is 9.62. The Morgan fingerprint density at radius 2 is 2.15 bits per heavy atom. The molecule has 0 atom stereocenters. The van der Waals surface area contributed by atoms with Crippen molar-refractivity contribution in [2.24, 2.45) is 0 Å². The fourth-order valence-corrected chi connectivity index (χ4v) is 0.965. The van der Waals surface area contributed by atoms with Crippen LogP contribution < -0.4 is 0 Å². The number of hydrogen-bond donors (Lipinski definition) is 1. The highest BCUT2D eigenvalue weighted by molar-refractivity contribution is 5.76. The summed E-state index contributed by atoms with van der Waals surface area (Å²) in [6.07, 6.45) is 0.506. The second-order valence-electron chi connectivity index (χ2n) is 2.47. The molecule has 5 nitrogen and oxygen atoms in total. The third kappa shape index (κ3) is 2.09. The van der Waals surface area contributed by atoms with E-state index in [1.54, 1.807) is 0 Å². The Morgan fingerprint density at radius 1 is 1.46 bits per heavy atom. The predicted octanol–water partition coefficient (Wildman–Crippen LogP) is 0.900. The molecule has 0 unspecified atom stereocenters. The third-order valence-electron chi connectivity index (χ3n) is 1.53. The van der Waals surface area contributed by atoms with E-state index in [4.69, 9.17) is 5.11 Å². The van der Waals surface area contributed by atoms with E-state index in [1.165, 1.54) is 12.1 Å². The number of aldehydes is 1. The summed E-state index contributed by atoms with van der Waals surface area (Å²) in [5.41, 5.74) is 0.364. The maximum Gasteiger partial charge on any atom is 0.270 e. The van der Waals surface area contributed by atoms with Crippen molar-refractivity contribution >= 4 is 12.0 Å². The lowest BCUT2D eigenvalue weighted by Gasteiger charge is -1.97. The van der Waals surface area contributed by atoms with Crippen LogP contribution in [0.25, 0.3) is 0 Å². The molecular formula is C8H7NO4. The Balaban J connectivity index is 3.22. The molecule has 0 aliphatic heterocycles. The maximum atomic E-state index is 10.3. The summed E-state index contributed by atoms with van der Waals surface area (Å²) in [5, 5.41) is 19.1. The van der Waals surface area contributed by atoms with E-state index in [2.05, 4.69) is 0 Å². The highest BCUT2D eigenvalue weighted by atomic mass is 16.6. The maximum absolute atomic E-state index is 10.3. The van der Waals surface area contributed by atoms with E-state index >= 15 is 0 Å². The number of hydrogen-bond acceptors (Lipinski definition) is 4. The van der Waals surface area contributed by atoms with Gasteiger partial charge in [-0.3, -0.25) is 14.9 Å². The molecule has 0 aliphatic carbocycles. The monoisotopic (exact) mass is 181 g/mol. The molecule has 1 N–H and O–H groups in total. The largest absolute Gasteiger partial charge is 0.392 e. The van der Waals surface area contributed by atoms with Gasteiger partial charge in [0.05, 0.1) is 11.5 Å². The van der Waals surface area contributed by atoms with Gasteiger partial charge < -0.3 is 5.11 Å². The lowest BCUT2D eigenvalue weighted by Crippen LogP contribution is -1.93. The smallest absolute Gasteiger partial charge is 0.270 e. The van der Waals surface area contributed by atoms with E-state index in [0.29, 0.717) is 11.8 Å². The summed E-state index contributed by atoms with van der Waals surface area (Å²) in [7, 11) is 0. The summed E-state index contributed by atoms with van der Waals surface area (Å²) in [6.45, 7) is -0.317. The zero-order valence-electron chi connectivity index (χ0n) is 6.64. The van der Waals surface area contributed by atoms with Crippen LogP contribution in [0.2, 0.25) is 0 Å². The van der Waals surface area contributed by atoms with Gasteiger partial charge in [0.25, 0.3) is 5.69 Å². The van der Waals surface area contributed by atoms with Crippen LogP contribution in [0.1, 0.15) is 15.9 Å². The molecule has 0 bridgehead atoms. The number of nitro benzene ring substituents is 1. The number of aliphatic hydroxyl groups is 1. The molecule has 0 heterocycles. The SMILES string of the molecule is O=Cc1cc(CO)cc([N+](=O)[O-])c1. The van der Waals surface area contributed by atoms with Gasteiger partial charge in [0.15, 0.2) is 0 Å². The Bertz CT molecular complexity index is 348. The summed E-state index contributed by atoms with van der Waals surface area (Å²) in [4.78, 5) is 20.1. The molecule has 1 rings (SSSR count). The topological polar surface area (TPSA) is 80.4 Å². The lowest BCUT2D eigenvalue weighted by atomic mass is 10.1. The van der Waals surface area contributed by atoms with Gasteiger partial charge in [0, 0.05) is 17.7 Å². The lowest BCUT2D eigenvalue weighted by molar-refractivity contribution is -0.385. The van der Waals surface area contributed by atoms with Crippen LogP contribution in [0, 0.1) is 10.1 Å². The molecule has 68 valence electrons. The standard InChI is InChI=1S/C8H7NO4/c10-4-6-1-7(5-11)3-8(2-6)9(12)13/h1-4,11H,5H2. The minimum Gasteiger partial charge on any atom is -0.392 e. The number of non-ortho nitro benzene ring substituents is 1. The molecular weight excluding hydrogens is 174 g/mol. The van der Waals surface area contributed by atoms with Crippen LogP contribution in [0.4, 0.5) is 5.69 Å². The number of benzene rings is 1. The molecule has 1 aromatic carbocycles. The van der Waals surface area contributed by atoms with Crippen molar-refractivity contribution in [3.05, 3.63) is 39.4 Å². The minimum absolute atomic E-state index is 0.186. The molecule has 0 fully saturated rings. The van der Waals surface area contributed by atoms with Crippen molar-refractivity contribution < 1.29 is 14.8 Å². The van der Waals surface area contributed by atoms with Gasteiger partial charge in [-0.25, -0.2) is 0 Å². The van der Waals surface area contributed by atoms with Gasteiger partial charge in [-0.2, -0.15) is 0 Å². The molecule has 0 saturated carbocycles. The van der Waals surface area contributed by atoms with E-state index < -0.39 is 4.92 Å². The molecule has 0 aliphatic rings. The van der Waals surface area contributed by atoms with Crippen LogP contribution in [0.5, 0.6) is 0 Å². The summed E-state index contributed by atoms with van der Waals surface area (Å²) in [5.74, 6) is 0. The molecule has 0 amide bonds. The summed E-state index contributed by atoms with van der Waals surface area (Å²) < 4.78 is 0. The van der Waals surface area contributed by atoms with Crippen LogP contribution in [0.15, 0.2) is 18.2 Å². The van der Waals surface area contributed by atoms with Crippen molar-refractivity contribution in [2.75, 3.05) is 0 Å².